The lowest BCUT2D eigenvalue weighted by Gasteiger charge is -2.37. The van der Waals surface area contributed by atoms with E-state index < -0.39 is 26.8 Å². The van der Waals surface area contributed by atoms with Gasteiger partial charge in [-0.25, -0.2) is 13.8 Å². The molecule has 0 saturated carbocycles. The van der Waals surface area contributed by atoms with E-state index in [2.05, 4.69) is 21.4 Å². The van der Waals surface area contributed by atoms with Crippen molar-refractivity contribution in [3.8, 4) is 0 Å². The SMILES string of the molecule is COCn1cc(N(C2CCN(C)CC2)S(=O)(=O)[NH+]([O-])C(=O)Nc2c3c(cc4c2CCC4)CCC3)cn1. The second-order valence-corrected chi connectivity index (χ2v) is 11.7. The molecule has 0 spiro atoms. The van der Waals surface area contributed by atoms with Gasteiger partial charge in [0.25, 0.3) is 0 Å². The number of aryl methyl sites for hydroxylation is 2. The van der Waals surface area contributed by atoms with E-state index in [0.29, 0.717) is 31.6 Å². The van der Waals surface area contributed by atoms with Crippen LogP contribution in [0.2, 0.25) is 0 Å². The Morgan fingerprint density at radius 1 is 1.19 bits per heavy atom. The number of hydrogen-bond donors (Lipinski definition) is 2. The number of nitrogens with one attached hydrogen (secondary N) is 2. The molecule has 0 radical (unpaired) electrons. The summed E-state index contributed by atoms with van der Waals surface area (Å²) in [6.45, 7) is 1.51. The lowest BCUT2D eigenvalue weighted by molar-refractivity contribution is -0.604. The number of hydrogen-bond acceptors (Lipinski definition) is 7. The van der Waals surface area contributed by atoms with Crippen LogP contribution in [0.5, 0.6) is 0 Å². The molecule has 1 aromatic heterocycles. The number of piperidine rings is 1. The standard InChI is InChI=1S/C24H34N6O5S/c1-27-11-9-19(10-12-27)29(20-14-25-28(15-20)16-35-2)36(33,34)30(32)24(31)26-23-21-7-3-5-17(21)13-18-6-4-8-22(18)23/h13-15,19,30H,3-12,16H2,1-2H3,(H,26,31). The highest BCUT2D eigenvalue weighted by molar-refractivity contribution is 7.86. The van der Waals surface area contributed by atoms with Crippen LogP contribution >= 0.6 is 0 Å². The molecule has 1 aliphatic heterocycles. The second-order valence-electron chi connectivity index (χ2n) is 9.97. The first-order valence-electron chi connectivity index (χ1n) is 12.6. The van der Waals surface area contributed by atoms with E-state index in [4.69, 9.17) is 4.74 Å². The molecule has 2 heterocycles. The van der Waals surface area contributed by atoms with Crippen molar-refractivity contribution >= 4 is 27.6 Å². The maximum atomic E-state index is 13.7. The van der Waals surface area contributed by atoms with Crippen LogP contribution in [0, 0.1) is 5.21 Å². The molecule has 11 nitrogen and oxygen atoms in total. The zero-order chi connectivity index (χ0) is 25.4. The first kappa shape index (κ1) is 25.2. The van der Waals surface area contributed by atoms with Gasteiger partial charge in [-0.1, -0.05) is 6.07 Å². The minimum atomic E-state index is -4.65. The number of carbonyl (C=O) groups is 1. The molecule has 2 aliphatic carbocycles. The van der Waals surface area contributed by atoms with Gasteiger partial charge in [-0.15, -0.1) is 0 Å². The van der Waals surface area contributed by atoms with Crippen LogP contribution in [0.4, 0.5) is 16.2 Å². The number of aromatic nitrogens is 2. The van der Waals surface area contributed by atoms with Crippen molar-refractivity contribution in [1.29, 1.82) is 0 Å². The highest BCUT2D eigenvalue weighted by atomic mass is 32.2. The number of ether oxygens (including phenoxy) is 1. The van der Waals surface area contributed by atoms with Gasteiger partial charge in [0.15, 0.2) is 0 Å². The fourth-order valence-electron chi connectivity index (χ4n) is 5.78. The van der Waals surface area contributed by atoms with Crippen molar-refractivity contribution in [2.75, 3.05) is 36.9 Å². The van der Waals surface area contributed by atoms with E-state index >= 15 is 0 Å². The van der Waals surface area contributed by atoms with Gasteiger partial charge in [-0.05, 0) is 93.8 Å². The molecule has 12 heteroatoms. The maximum Gasteiger partial charge on any atom is 0.436 e. The zero-order valence-electron chi connectivity index (χ0n) is 20.8. The smallest absolute Gasteiger partial charge is 0.436 e. The van der Waals surface area contributed by atoms with Gasteiger partial charge in [0.05, 0.1) is 29.8 Å². The third kappa shape index (κ3) is 4.63. The number of rotatable bonds is 7. The van der Waals surface area contributed by atoms with E-state index in [-0.39, 0.29) is 12.4 Å². The Labute approximate surface area is 211 Å². The lowest BCUT2D eigenvalue weighted by atomic mass is 9.99. The Morgan fingerprint density at radius 3 is 2.44 bits per heavy atom. The zero-order valence-corrected chi connectivity index (χ0v) is 21.6. The minimum absolute atomic E-state index is 0.139. The fourth-order valence-corrected chi connectivity index (χ4v) is 7.22. The summed E-state index contributed by atoms with van der Waals surface area (Å²) < 4.78 is 33.6. The Hall–Kier alpha value is -2.51. The van der Waals surface area contributed by atoms with Crippen LogP contribution in [-0.2, 0) is 47.4 Å². The lowest BCUT2D eigenvalue weighted by Crippen LogP contribution is -3.14. The molecule has 1 saturated heterocycles. The Kier molecular flexibility index (Phi) is 7.05. The van der Waals surface area contributed by atoms with Crippen molar-refractivity contribution in [3.05, 3.63) is 45.9 Å². The van der Waals surface area contributed by atoms with E-state index in [1.807, 2.05) is 7.05 Å². The molecule has 0 bridgehead atoms. The van der Waals surface area contributed by atoms with E-state index in [9.17, 15) is 18.4 Å². The number of fused-ring (bicyclic) bond motifs is 2. The number of urea groups is 1. The molecule has 2 aromatic rings. The van der Waals surface area contributed by atoms with Crippen molar-refractivity contribution in [3.63, 3.8) is 0 Å². The molecule has 1 aromatic carbocycles. The molecule has 1 atom stereocenters. The molecular weight excluding hydrogens is 484 g/mol. The number of methoxy groups -OCH3 is 1. The van der Waals surface area contributed by atoms with Gasteiger partial charge in [-0.3, -0.25) is 5.32 Å². The highest BCUT2D eigenvalue weighted by Gasteiger charge is 2.41. The van der Waals surface area contributed by atoms with Gasteiger partial charge in [0.1, 0.15) is 6.73 Å². The van der Waals surface area contributed by atoms with Gasteiger partial charge < -0.3 is 14.8 Å². The Bertz CT molecular complexity index is 1210. The monoisotopic (exact) mass is 518 g/mol. The number of amides is 2. The van der Waals surface area contributed by atoms with Crippen LogP contribution in [0.1, 0.15) is 47.9 Å². The van der Waals surface area contributed by atoms with Crippen LogP contribution in [0.3, 0.4) is 0 Å². The second kappa shape index (κ2) is 10.1. The first-order chi connectivity index (χ1) is 17.3. The summed E-state index contributed by atoms with van der Waals surface area (Å²) in [5.74, 6) is 0. The van der Waals surface area contributed by atoms with Crippen molar-refractivity contribution in [2.45, 2.75) is 64.1 Å². The predicted molar refractivity (Wildman–Crippen MR) is 135 cm³/mol. The minimum Gasteiger partial charge on any atom is -0.608 e. The van der Waals surface area contributed by atoms with Crippen LogP contribution in [0.25, 0.3) is 0 Å². The topological polar surface area (TPSA) is 124 Å². The summed E-state index contributed by atoms with van der Waals surface area (Å²) in [6, 6.07) is 0.665. The van der Waals surface area contributed by atoms with Crippen molar-refractivity contribution in [2.24, 2.45) is 0 Å². The molecule has 5 rings (SSSR count). The number of benzene rings is 1. The van der Waals surface area contributed by atoms with Gasteiger partial charge >= 0.3 is 16.2 Å². The average molecular weight is 519 g/mol. The summed E-state index contributed by atoms with van der Waals surface area (Å²) in [7, 11) is -1.17. The molecule has 1 unspecified atom stereocenters. The quantitative estimate of drug-likeness (QED) is 0.528. The molecule has 36 heavy (non-hydrogen) atoms. The van der Waals surface area contributed by atoms with Crippen LogP contribution in [-0.4, -0.2) is 62.4 Å². The van der Waals surface area contributed by atoms with Gasteiger partial charge in [0.2, 0.25) is 0 Å². The largest absolute Gasteiger partial charge is 0.608 e. The summed E-state index contributed by atoms with van der Waals surface area (Å²) >= 11 is 0. The average Bonchev–Trinajstić information content (AvgIpc) is 3.61. The van der Waals surface area contributed by atoms with Gasteiger partial charge in [0, 0.05) is 7.11 Å². The molecule has 2 amide bonds. The van der Waals surface area contributed by atoms with Crippen LogP contribution in [0.15, 0.2) is 18.5 Å². The third-order valence-electron chi connectivity index (χ3n) is 7.55. The maximum absolute atomic E-state index is 13.7. The number of carbonyl (C=O) groups excluding carboxylic acids is 1. The number of quaternary nitrogens is 1. The number of anilines is 2. The van der Waals surface area contributed by atoms with Crippen molar-refractivity contribution < 1.29 is 22.4 Å². The number of hydroxylamine groups is 1. The van der Waals surface area contributed by atoms with Crippen LogP contribution < -0.4 is 14.1 Å². The van der Waals surface area contributed by atoms with Crippen molar-refractivity contribution in [1.82, 2.24) is 14.7 Å². The van der Waals surface area contributed by atoms with E-state index in [0.717, 1.165) is 54.0 Å². The van der Waals surface area contributed by atoms with E-state index in [1.165, 1.54) is 35.3 Å². The summed E-state index contributed by atoms with van der Waals surface area (Å²) in [4.78, 5) is 15.3. The Balaban J connectivity index is 1.44. The Morgan fingerprint density at radius 2 is 1.83 bits per heavy atom. The fraction of sp³-hybridized carbons (Fsp3) is 0.583. The summed E-state index contributed by atoms with van der Waals surface area (Å²) in [5, 5.41) is 20.2. The summed E-state index contributed by atoms with van der Waals surface area (Å²) in [5.41, 5.74) is 5.39. The normalized spacial score (nSPS) is 19.2. The molecule has 2 N–H and O–H groups in total. The van der Waals surface area contributed by atoms with Gasteiger partial charge in [-0.2, -0.15) is 18.0 Å². The molecular formula is C24H34N6O5S. The molecule has 196 valence electrons. The number of likely N-dealkylation sites (tertiary alicyclic amines) is 1. The predicted octanol–water partition coefficient (Wildman–Crippen LogP) is 1.22. The first-order valence-corrected chi connectivity index (χ1v) is 14.0. The molecule has 3 aliphatic rings. The number of nitrogens with zero attached hydrogens (tertiary/aromatic N) is 4. The summed E-state index contributed by atoms with van der Waals surface area (Å²) in [6.07, 6.45) is 9.50. The third-order valence-corrected chi connectivity index (χ3v) is 9.23. The highest BCUT2D eigenvalue weighted by Crippen LogP contribution is 2.38. The molecule has 1 fully saturated rings. The van der Waals surface area contributed by atoms with E-state index in [1.54, 1.807) is 0 Å².